The Labute approximate surface area is 141 Å². The highest BCUT2D eigenvalue weighted by Crippen LogP contribution is 2.49. The molecule has 1 amide bonds. The van der Waals surface area contributed by atoms with Gasteiger partial charge in [0.2, 0.25) is 5.91 Å². The lowest BCUT2D eigenvalue weighted by atomic mass is 9.77. The largest absolute Gasteiger partial charge is 0.456 e. The average Bonchev–Trinajstić information content (AvgIpc) is 2.89. The highest BCUT2D eigenvalue weighted by Gasteiger charge is 2.55. The lowest BCUT2D eigenvalue weighted by Crippen LogP contribution is -2.52. The van der Waals surface area contributed by atoms with Gasteiger partial charge in [-0.25, -0.2) is 4.79 Å². The molecule has 3 atom stereocenters. The van der Waals surface area contributed by atoms with Gasteiger partial charge in [0.1, 0.15) is 12.3 Å². The van der Waals surface area contributed by atoms with E-state index in [1.54, 1.807) is 12.0 Å². The van der Waals surface area contributed by atoms with Gasteiger partial charge in [-0.3, -0.25) is 4.79 Å². The number of ether oxygens (including phenoxy) is 2. The molecule has 2 heterocycles. The smallest absolute Gasteiger partial charge is 0.355 e. The van der Waals surface area contributed by atoms with E-state index in [2.05, 4.69) is 0 Å². The Balaban J connectivity index is 1.60. The van der Waals surface area contributed by atoms with Crippen molar-refractivity contribution >= 4 is 11.9 Å². The summed E-state index contributed by atoms with van der Waals surface area (Å²) in [5, 5.41) is 0. The Bertz CT molecular complexity index is 697. The van der Waals surface area contributed by atoms with Crippen molar-refractivity contribution in [1.29, 1.82) is 0 Å². The molecular weight excluding hydrogens is 306 g/mol. The molecule has 0 radical (unpaired) electrons. The second-order valence-corrected chi connectivity index (χ2v) is 6.66. The number of methoxy groups -OCH3 is 1. The van der Waals surface area contributed by atoms with E-state index in [1.807, 2.05) is 30.3 Å². The Morgan fingerprint density at radius 2 is 2.04 bits per heavy atom. The Hall–Kier alpha value is -2.14. The molecule has 0 aromatic heterocycles. The molecule has 1 aromatic rings. The predicted molar refractivity (Wildman–Crippen MR) is 86.7 cm³/mol. The van der Waals surface area contributed by atoms with Crippen LogP contribution in [0.2, 0.25) is 0 Å². The first-order valence-electron chi connectivity index (χ1n) is 8.50. The average molecular weight is 327 g/mol. The second-order valence-electron chi connectivity index (χ2n) is 6.66. The summed E-state index contributed by atoms with van der Waals surface area (Å²) >= 11 is 0. The summed E-state index contributed by atoms with van der Waals surface area (Å²) in [6, 6.07) is 9.70. The van der Waals surface area contributed by atoms with Gasteiger partial charge in [0.25, 0.3) is 0 Å². The maximum atomic E-state index is 12.7. The van der Waals surface area contributed by atoms with E-state index >= 15 is 0 Å². The van der Waals surface area contributed by atoms with Crippen molar-refractivity contribution in [2.24, 2.45) is 5.92 Å². The zero-order valence-electron chi connectivity index (χ0n) is 13.7. The molecule has 0 unspecified atom stereocenters. The number of hydrogen-bond acceptors (Lipinski definition) is 4. The number of nitrogens with zero attached hydrogens (tertiary/aromatic N) is 1. The molecule has 2 aliphatic heterocycles. The molecule has 0 spiro atoms. The van der Waals surface area contributed by atoms with Crippen molar-refractivity contribution in [2.45, 2.75) is 44.4 Å². The van der Waals surface area contributed by atoms with Crippen LogP contribution in [0.4, 0.5) is 0 Å². The van der Waals surface area contributed by atoms with Gasteiger partial charge in [-0.05, 0) is 30.4 Å². The Kier molecular flexibility index (Phi) is 3.88. The molecule has 2 fully saturated rings. The summed E-state index contributed by atoms with van der Waals surface area (Å²) in [7, 11) is 1.67. The Morgan fingerprint density at radius 1 is 1.25 bits per heavy atom. The monoisotopic (exact) mass is 327 g/mol. The van der Waals surface area contributed by atoms with Crippen LogP contribution in [0.15, 0.2) is 41.6 Å². The summed E-state index contributed by atoms with van der Waals surface area (Å²) in [5.74, 6) is -0.137. The minimum absolute atomic E-state index is 0.0171. The first-order chi connectivity index (χ1) is 11.7. The number of carbonyl (C=O) groups excluding carboxylic acids is 2. The van der Waals surface area contributed by atoms with Gasteiger partial charge in [-0.1, -0.05) is 30.3 Å². The van der Waals surface area contributed by atoms with Gasteiger partial charge in [-0.15, -0.1) is 0 Å². The van der Waals surface area contributed by atoms with Gasteiger partial charge in [0.05, 0.1) is 12.1 Å². The van der Waals surface area contributed by atoms with Crippen LogP contribution >= 0.6 is 0 Å². The molecule has 4 rings (SSSR count). The van der Waals surface area contributed by atoms with E-state index in [0.29, 0.717) is 12.1 Å². The van der Waals surface area contributed by atoms with Crippen LogP contribution in [-0.4, -0.2) is 36.0 Å². The van der Waals surface area contributed by atoms with E-state index < -0.39 is 5.97 Å². The summed E-state index contributed by atoms with van der Waals surface area (Å²) in [6.07, 6.45) is 3.42. The van der Waals surface area contributed by atoms with Gasteiger partial charge >= 0.3 is 5.97 Å². The highest BCUT2D eigenvalue weighted by atomic mass is 16.5. The fourth-order valence-corrected chi connectivity index (χ4v) is 4.25. The quantitative estimate of drug-likeness (QED) is 0.629. The van der Waals surface area contributed by atoms with Crippen LogP contribution in [0.25, 0.3) is 0 Å². The first-order valence-corrected chi connectivity index (χ1v) is 8.50. The summed E-state index contributed by atoms with van der Waals surface area (Å²) in [6.45, 7) is 0.214. The predicted octanol–water partition coefficient (Wildman–Crippen LogP) is 2.41. The molecule has 1 saturated heterocycles. The van der Waals surface area contributed by atoms with Gasteiger partial charge in [0, 0.05) is 19.4 Å². The fraction of sp³-hybridized carbons (Fsp3) is 0.474. The van der Waals surface area contributed by atoms with Crippen LogP contribution in [0.3, 0.4) is 0 Å². The van der Waals surface area contributed by atoms with E-state index in [-0.39, 0.29) is 30.6 Å². The Morgan fingerprint density at radius 3 is 2.75 bits per heavy atom. The molecule has 3 aliphatic rings. The molecule has 24 heavy (non-hydrogen) atoms. The van der Waals surface area contributed by atoms with Gasteiger partial charge in [0.15, 0.2) is 0 Å². The molecule has 1 aromatic carbocycles. The van der Waals surface area contributed by atoms with Crippen molar-refractivity contribution in [2.75, 3.05) is 7.11 Å². The molecule has 5 nitrogen and oxygen atoms in total. The van der Waals surface area contributed by atoms with Crippen molar-refractivity contribution < 1.29 is 19.1 Å². The van der Waals surface area contributed by atoms with Gasteiger partial charge < -0.3 is 14.4 Å². The first kappa shape index (κ1) is 15.4. The van der Waals surface area contributed by atoms with Crippen LogP contribution in [-0.2, 0) is 25.7 Å². The lowest BCUT2D eigenvalue weighted by Gasteiger charge is -2.39. The zero-order valence-corrected chi connectivity index (χ0v) is 13.7. The molecular formula is C19H21NO4. The van der Waals surface area contributed by atoms with E-state index in [1.165, 1.54) is 0 Å². The second kappa shape index (κ2) is 6.06. The van der Waals surface area contributed by atoms with E-state index in [9.17, 15) is 9.59 Å². The van der Waals surface area contributed by atoms with Crippen LogP contribution < -0.4 is 0 Å². The van der Waals surface area contributed by atoms with Crippen LogP contribution in [0, 0.1) is 5.92 Å². The van der Waals surface area contributed by atoms with E-state index in [0.717, 1.165) is 30.4 Å². The molecule has 1 saturated carbocycles. The number of hydrogen-bond donors (Lipinski definition) is 0. The SMILES string of the molecule is CO[C@H]1CCC[C@H]2C1=C(C(=O)OCc1ccccc1)N1C(=O)C[C@H]21. The third-order valence-corrected chi connectivity index (χ3v) is 5.38. The number of amides is 1. The third-order valence-electron chi connectivity index (χ3n) is 5.38. The van der Waals surface area contributed by atoms with Gasteiger partial charge in [-0.2, -0.15) is 0 Å². The summed E-state index contributed by atoms with van der Waals surface area (Å²) < 4.78 is 11.1. The molecule has 0 N–H and O–H groups in total. The number of rotatable bonds is 4. The number of carbonyl (C=O) groups is 2. The van der Waals surface area contributed by atoms with Crippen molar-refractivity contribution in [3.05, 3.63) is 47.2 Å². The fourth-order valence-electron chi connectivity index (χ4n) is 4.25. The van der Waals surface area contributed by atoms with E-state index in [4.69, 9.17) is 9.47 Å². The number of β-lactam (4-membered cyclic amide) rings is 1. The minimum atomic E-state index is -0.404. The number of benzene rings is 1. The maximum Gasteiger partial charge on any atom is 0.355 e. The normalized spacial score (nSPS) is 28.3. The maximum absolute atomic E-state index is 12.7. The zero-order chi connectivity index (χ0) is 16.7. The highest BCUT2D eigenvalue weighted by molar-refractivity contribution is 5.99. The van der Waals surface area contributed by atoms with Crippen LogP contribution in [0.5, 0.6) is 0 Å². The summed E-state index contributed by atoms with van der Waals surface area (Å²) in [5.41, 5.74) is 2.37. The molecule has 126 valence electrons. The third kappa shape index (κ3) is 2.35. The summed E-state index contributed by atoms with van der Waals surface area (Å²) in [4.78, 5) is 26.5. The number of fused-ring (bicyclic) bond motifs is 3. The standard InChI is InChI=1S/C19H21NO4/c1-23-15-9-5-8-13-14-10-16(21)20(14)18(17(13)15)19(22)24-11-12-6-3-2-4-7-12/h2-4,6-7,13-15H,5,8-11H2,1H3/t13-,14-,15+/m1/s1. The lowest BCUT2D eigenvalue weighted by molar-refractivity contribution is -0.151. The molecule has 5 heteroatoms. The number of esters is 1. The van der Waals surface area contributed by atoms with Crippen molar-refractivity contribution in [3.8, 4) is 0 Å². The van der Waals surface area contributed by atoms with Crippen molar-refractivity contribution in [1.82, 2.24) is 4.90 Å². The van der Waals surface area contributed by atoms with Crippen molar-refractivity contribution in [3.63, 3.8) is 0 Å². The minimum Gasteiger partial charge on any atom is -0.456 e. The van der Waals surface area contributed by atoms with Crippen LogP contribution in [0.1, 0.15) is 31.2 Å². The molecule has 0 bridgehead atoms. The molecule has 1 aliphatic carbocycles. The topological polar surface area (TPSA) is 55.8 Å².